The Labute approximate surface area is 121 Å². The fourth-order valence-electron chi connectivity index (χ4n) is 2.35. The molecular formula is C17H24N2O. The van der Waals surface area contributed by atoms with Gasteiger partial charge in [0.15, 0.2) is 0 Å². The summed E-state index contributed by atoms with van der Waals surface area (Å²) in [4.78, 5) is 0. The molecule has 2 rings (SSSR count). The van der Waals surface area contributed by atoms with Crippen molar-refractivity contribution < 1.29 is 4.74 Å². The van der Waals surface area contributed by atoms with E-state index < -0.39 is 0 Å². The van der Waals surface area contributed by atoms with Gasteiger partial charge in [0.2, 0.25) is 0 Å². The van der Waals surface area contributed by atoms with Gasteiger partial charge in [-0.05, 0) is 57.0 Å². The van der Waals surface area contributed by atoms with E-state index in [1.54, 1.807) is 0 Å². The summed E-state index contributed by atoms with van der Waals surface area (Å²) in [6, 6.07) is 8.51. The van der Waals surface area contributed by atoms with E-state index in [9.17, 15) is 0 Å². The SMILES string of the molecule is CCOc1cc(C)ccc1NCc1cc(C)n(C)c1C. The maximum absolute atomic E-state index is 5.70. The molecule has 3 heteroatoms. The average molecular weight is 272 g/mol. The van der Waals surface area contributed by atoms with Gasteiger partial charge < -0.3 is 14.6 Å². The molecule has 0 spiro atoms. The number of nitrogens with one attached hydrogen (secondary N) is 1. The van der Waals surface area contributed by atoms with Crippen molar-refractivity contribution in [3.8, 4) is 5.75 Å². The molecule has 1 N–H and O–H groups in total. The normalized spacial score (nSPS) is 10.7. The van der Waals surface area contributed by atoms with Crippen molar-refractivity contribution in [2.75, 3.05) is 11.9 Å². The van der Waals surface area contributed by atoms with Crippen LogP contribution in [0.2, 0.25) is 0 Å². The van der Waals surface area contributed by atoms with Crippen LogP contribution in [0.15, 0.2) is 24.3 Å². The smallest absolute Gasteiger partial charge is 0.142 e. The highest BCUT2D eigenvalue weighted by atomic mass is 16.5. The summed E-state index contributed by atoms with van der Waals surface area (Å²) in [5, 5.41) is 3.48. The summed E-state index contributed by atoms with van der Waals surface area (Å²) in [6.07, 6.45) is 0. The van der Waals surface area contributed by atoms with Crippen LogP contribution in [-0.2, 0) is 13.6 Å². The highest BCUT2D eigenvalue weighted by Gasteiger charge is 2.08. The Hall–Kier alpha value is -1.90. The second kappa shape index (κ2) is 6.04. The van der Waals surface area contributed by atoms with Gasteiger partial charge >= 0.3 is 0 Å². The molecule has 1 aromatic heterocycles. The van der Waals surface area contributed by atoms with Gasteiger partial charge in [-0.2, -0.15) is 0 Å². The van der Waals surface area contributed by atoms with Gasteiger partial charge in [0, 0.05) is 25.0 Å². The maximum Gasteiger partial charge on any atom is 0.142 e. The lowest BCUT2D eigenvalue weighted by atomic mass is 10.2. The molecule has 108 valence electrons. The summed E-state index contributed by atoms with van der Waals surface area (Å²) in [7, 11) is 2.10. The van der Waals surface area contributed by atoms with Gasteiger partial charge in [-0.15, -0.1) is 0 Å². The molecule has 0 atom stereocenters. The predicted octanol–water partition coefficient (Wildman–Crippen LogP) is 3.96. The van der Waals surface area contributed by atoms with Crippen LogP contribution in [0.4, 0.5) is 5.69 Å². The highest BCUT2D eigenvalue weighted by molar-refractivity contribution is 5.58. The molecule has 0 saturated carbocycles. The van der Waals surface area contributed by atoms with Crippen molar-refractivity contribution in [3.63, 3.8) is 0 Å². The molecule has 0 saturated heterocycles. The second-order valence-electron chi connectivity index (χ2n) is 5.24. The number of rotatable bonds is 5. The molecule has 0 bridgehead atoms. The number of nitrogens with zero attached hydrogens (tertiary/aromatic N) is 1. The molecule has 20 heavy (non-hydrogen) atoms. The fourth-order valence-corrected chi connectivity index (χ4v) is 2.35. The minimum atomic E-state index is 0.682. The van der Waals surface area contributed by atoms with Crippen LogP contribution < -0.4 is 10.1 Å². The van der Waals surface area contributed by atoms with E-state index in [1.165, 1.54) is 22.5 Å². The van der Waals surface area contributed by atoms with Gasteiger partial charge in [0.25, 0.3) is 0 Å². The van der Waals surface area contributed by atoms with Crippen LogP contribution in [-0.4, -0.2) is 11.2 Å². The number of hydrogen-bond acceptors (Lipinski definition) is 2. The lowest BCUT2D eigenvalue weighted by molar-refractivity contribution is 0.341. The molecule has 0 amide bonds. The van der Waals surface area contributed by atoms with Crippen molar-refractivity contribution >= 4 is 5.69 Å². The van der Waals surface area contributed by atoms with Crippen LogP contribution in [0.25, 0.3) is 0 Å². The molecular weight excluding hydrogens is 248 g/mol. The summed E-state index contributed by atoms with van der Waals surface area (Å²) in [6.45, 7) is 9.88. The Morgan fingerprint density at radius 2 is 1.90 bits per heavy atom. The van der Waals surface area contributed by atoms with Crippen molar-refractivity contribution in [3.05, 3.63) is 46.8 Å². The molecule has 0 aliphatic heterocycles. The number of ether oxygens (including phenoxy) is 1. The lowest BCUT2D eigenvalue weighted by Gasteiger charge is -2.13. The molecule has 0 fully saturated rings. The minimum absolute atomic E-state index is 0.682. The first-order chi connectivity index (χ1) is 9.52. The Balaban J connectivity index is 2.16. The number of hydrogen-bond donors (Lipinski definition) is 1. The zero-order valence-corrected chi connectivity index (χ0v) is 13.1. The Bertz CT molecular complexity index is 599. The van der Waals surface area contributed by atoms with Gasteiger partial charge in [0.1, 0.15) is 5.75 Å². The zero-order chi connectivity index (χ0) is 14.7. The first-order valence-corrected chi connectivity index (χ1v) is 7.12. The first-order valence-electron chi connectivity index (χ1n) is 7.12. The monoisotopic (exact) mass is 272 g/mol. The molecule has 1 aromatic carbocycles. The lowest BCUT2D eigenvalue weighted by Crippen LogP contribution is -2.04. The van der Waals surface area contributed by atoms with E-state index in [2.05, 4.69) is 62.0 Å². The van der Waals surface area contributed by atoms with Crippen LogP contribution >= 0.6 is 0 Å². The van der Waals surface area contributed by atoms with E-state index in [-0.39, 0.29) is 0 Å². The van der Waals surface area contributed by atoms with Gasteiger partial charge in [-0.3, -0.25) is 0 Å². The van der Waals surface area contributed by atoms with Crippen molar-refractivity contribution in [2.24, 2.45) is 7.05 Å². The zero-order valence-electron chi connectivity index (χ0n) is 13.1. The van der Waals surface area contributed by atoms with Crippen molar-refractivity contribution in [2.45, 2.75) is 34.2 Å². The molecule has 0 unspecified atom stereocenters. The molecule has 0 aliphatic carbocycles. The molecule has 0 aliphatic rings. The van der Waals surface area contributed by atoms with Gasteiger partial charge in [0.05, 0.1) is 12.3 Å². The third kappa shape index (κ3) is 2.98. The molecule has 0 radical (unpaired) electrons. The topological polar surface area (TPSA) is 26.2 Å². The average Bonchev–Trinajstić information content (AvgIpc) is 2.66. The Morgan fingerprint density at radius 3 is 2.50 bits per heavy atom. The number of anilines is 1. The van der Waals surface area contributed by atoms with Crippen LogP contribution in [0.5, 0.6) is 5.75 Å². The van der Waals surface area contributed by atoms with E-state index >= 15 is 0 Å². The Morgan fingerprint density at radius 1 is 1.15 bits per heavy atom. The van der Waals surface area contributed by atoms with Gasteiger partial charge in [-0.1, -0.05) is 6.07 Å². The second-order valence-corrected chi connectivity index (χ2v) is 5.24. The van der Waals surface area contributed by atoms with Gasteiger partial charge in [-0.25, -0.2) is 0 Å². The molecule has 1 heterocycles. The molecule has 2 aromatic rings. The third-order valence-electron chi connectivity index (χ3n) is 3.79. The number of aromatic nitrogens is 1. The van der Waals surface area contributed by atoms with Crippen molar-refractivity contribution in [1.82, 2.24) is 4.57 Å². The standard InChI is InChI=1S/C17H24N2O/c1-6-20-17-9-12(2)7-8-16(17)18-11-15-10-13(3)19(5)14(15)4/h7-10,18H,6,11H2,1-5H3. The van der Waals surface area contributed by atoms with Crippen LogP contribution in [0.1, 0.15) is 29.4 Å². The van der Waals surface area contributed by atoms with Crippen LogP contribution in [0, 0.1) is 20.8 Å². The highest BCUT2D eigenvalue weighted by Crippen LogP contribution is 2.26. The van der Waals surface area contributed by atoms with E-state index in [0.717, 1.165) is 18.0 Å². The summed E-state index contributed by atoms with van der Waals surface area (Å²) in [5.74, 6) is 0.929. The quantitative estimate of drug-likeness (QED) is 0.891. The predicted molar refractivity (Wildman–Crippen MR) is 84.6 cm³/mol. The first kappa shape index (κ1) is 14.5. The maximum atomic E-state index is 5.70. The van der Waals surface area contributed by atoms with Crippen LogP contribution in [0.3, 0.4) is 0 Å². The Kier molecular flexibility index (Phi) is 4.38. The van der Waals surface area contributed by atoms with E-state index in [4.69, 9.17) is 4.74 Å². The van der Waals surface area contributed by atoms with E-state index in [0.29, 0.717) is 6.61 Å². The third-order valence-corrected chi connectivity index (χ3v) is 3.79. The summed E-state index contributed by atoms with van der Waals surface area (Å²) < 4.78 is 7.92. The summed E-state index contributed by atoms with van der Waals surface area (Å²) >= 11 is 0. The number of aryl methyl sites for hydroxylation is 2. The molecule has 3 nitrogen and oxygen atoms in total. The fraction of sp³-hybridized carbons (Fsp3) is 0.412. The van der Waals surface area contributed by atoms with E-state index in [1.807, 2.05) is 6.92 Å². The number of benzene rings is 1. The van der Waals surface area contributed by atoms with Crippen molar-refractivity contribution in [1.29, 1.82) is 0 Å². The summed E-state index contributed by atoms with van der Waals surface area (Å²) in [5.41, 5.74) is 6.19. The minimum Gasteiger partial charge on any atom is -0.492 e. The largest absolute Gasteiger partial charge is 0.492 e.